The van der Waals surface area contributed by atoms with Gasteiger partial charge >= 0.3 is 12.7 Å². The van der Waals surface area contributed by atoms with Crippen molar-refractivity contribution in [1.29, 1.82) is 0 Å². The van der Waals surface area contributed by atoms with E-state index < -0.39 is 12.7 Å². The molecule has 0 amide bonds. The molecule has 2 aromatic rings. The summed E-state index contributed by atoms with van der Waals surface area (Å²) < 4.78 is 80.0. The highest BCUT2D eigenvalue weighted by molar-refractivity contribution is 14.1. The maximum Gasteiger partial charge on any atom is 0.573 e. The van der Waals surface area contributed by atoms with Gasteiger partial charge < -0.3 is 9.47 Å². The first-order chi connectivity index (χ1) is 12.0. The van der Waals surface area contributed by atoms with E-state index in [2.05, 4.69) is 37.4 Å². The fourth-order valence-electron chi connectivity index (χ4n) is 1.97. The number of nitrogens with one attached hydrogen (secondary N) is 1. The maximum atomic E-state index is 12.1. The highest BCUT2D eigenvalue weighted by atomic mass is 127. The zero-order valence-corrected chi connectivity index (χ0v) is 16.2. The Balaban J connectivity index is 0.00000364. The van der Waals surface area contributed by atoms with Crippen molar-refractivity contribution in [3.63, 3.8) is 0 Å². The number of benzene rings is 2. The first-order valence-electron chi connectivity index (χ1n) is 7.10. The van der Waals surface area contributed by atoms with Gasteiger partial charge in [0, 0.05) is 6.54 Å². The monoisotopic (exact) mass is 527 g/mol. The van der Waals surface area contributed by atoms with Gasteiger partial charge in [-0.25, -0.2) is 0 Å². The van der Waals surface area contributed by atoms with Crippen LogP contribution in [0.1, 0.15) is 15.2 Å². The average molecular weight is 528 g/mol. The minimum Gasteiger partial charge on any atom is -0.406 e. The summed E-state index contributed by atoms with van der Waals surface area (Å²) in [6.45, 7) is 0.348. The van der Waals surface area contributed by atoms with Crippen molar-refractivity contribution < 1.29 is 35.8 Å². The highest BCUT2D eigenvalue weighted by Gasteiger charge is 2.31. The Kier molecular flexibility index (Phi) is 8.48. The second kappa shape index (κ2) is 9.69. The van der Waals surface area contributed by atoms with Gasteiger partial charge in [-0.1, -0.05) is 46.9 Å². The van der Waals surface area contributed by atoms with Crippen molar-refractivity contribution in [2.45, 2.75) is 23.3 Å². The normalized spacial score (nSPS) is 12.9. The lowest BCUT2D eigenvalue weighted by atomic mass is 10.2. The minimum absolute atomic E-state index is 0. The molecule has 0 saturated heterocycles. The van der Waals surface area contributed by atoms with E-state index in [1.54, 1.807) is 0 Å². The lowest BCUT2D eigenvalue weighted by Crippen LogP contribution is -2.18. The Morgan fingerprint density at radius 3 is 1.59 bits per heavy atom. The van der Waals surface area contributed by atoms with E-state index in [0.29, 0.717) is 6.54 Å². The number of alkyl halides is 7. The number of hydrogen-bond acceptors (Lipinski definition) is 3. The molecule has 150 valence electrons. The van der Waals surface area contributed by atoms with Crippen molar-refractivity contribution in [3.8, 4) is 11.5 Å². The lowest BCUT2D eigenvalue weighted by Gasteiger charge is -2.14. The average Bonchev–Trinajstić information content (AvgIpc) is 2.51. The van der Waals surface area contributed by atoms with Crippen LogP contribution < -0.4 is 14.8 Å². The van der Waals surface area contributed by atoms with Crippen LogP contribution in [-0.2, 0) is 6.54 Å². The third-order valence-electron chi connectivity index (χ3n) is 3.05. The van der Waals surface area contributed by atoms with E-state index in [9.17, 15) is 26.3 Å². The van der Waals surface area contributed by atoms with Gasteiger partial charge in [0.05, 0.1) is 4.05 Å². The van der Waals surface area contributed by atoms with Gasteiger partial charge in [-0.2, -0.15) is 0 Å². The molecule has 11 heteroatoms. The SMILES string of the molecule is Cl.FC(F)(F)Oc1ccc(CNC(I)c2ccc(OC(F)(F)F)cc2)cc1. The van der Waals surface area contributed by atoms with Gasteiger partial charge in [0.15, 0.2) is 0 Å². The van der Waals surface area contributed by atoms with E-state index in [1.807, 2.05) is 0 Å². The van der Waals surface area contributed by atoms with Crippen LogP contribution in [0.3, 0.4) is 0 Å². The van der Waals surface area contributed by atoms with Crippen molar-refractivity contribution >= 4 is 35.0 Å². The van der Waals surface area contributed by atoms with Crippen molar-refractivity contribution in [1.82, 2.24) is 5.32 Å². The Labute approximate surface area is 170 Å². The van der Waals surface area contributed by atoms with Gasteiger partial charge in [0.25, 0.3) is 0 Å². The molecule has 1 atom stereocenters. The third-order valence-corrected chi connectivity index (χ3v) is 4.21. The quantitative estimate of drug-likeness (QED) is 0.212. The van der Waals surface area contributed by atoms with E-state index >= 15 is 0 Å². The van der Waals surface area contributed by atoms with E-state index in [4.69, 9.17) is 0 Å². The molecule has 0 bridgehead atoms. The molecule has 0 aliphatic heterocycles. The Hall–Kier alpha value is -1.40. The molecule has 0 aromatic heterocycles. The first kappa shape index (κ1) is 23.6. The van der Waals surface area contributed by atoms with Crippen LogP contribution in [0.4, 0.5) is 26.3 Å². The fourth-order valence-corrected chi connectivity index (χ4v) is 2.61. The van der Waals surface area contributed by atoms with Gasteiger partial charge in [0.2, 0.25) is 0 Å². The summed E-state index contributed by atoms with van der Waals surface area (Å²) >= 11 is 2.05. The summed E-state index contributed by atoms with van der Waals surface area (Å²) in [7, 11) is 0. The molecule has 2 aromatic carbocycles. The highest BCUT2D eigenvalue weighted by Crippen LogP contribution is 2.27. The molecule has 0 radical (unpaired) electrons. The molecule has 0 heterocycles. The van der Waals surface area contributed by atoms with Crippen LogP contribution in [-0.4, -0.2) is 12.7 Å². The van der Waals surface area contributed by atoms with Crippen LogP contribution in [0.15, 0.2) is 48.5 Å². The van der Waals surface area contributed by atoms with Gasteiger partial charge in [-0.05, 0) is 35.4 Å². The van der Waals surface area contributed by atoms with E-state index in [-0.39, 0.29) is 28.0 Å². The molecular formula is C16H13ClF6INO2. The second-order valence-corrected chi connectivity index (χ2v) is 6.30. The Morgan fingerprint density at radius 2 is 1.19 bits per heavy atom. The number of ether oxygens (including phenoxy) is 2. The van der Waals surface area contributed by atoms with Gasteiger partial charge in [0.1, 0.15) is 11.5 Å². The summed E-state index contributed by atoms with van der Waals surface area (Å²) in [5, 5.41) is 3.11. The zero-order valence-electron chi connectivity index (χ0n) is 13.3. The van der Waals surface area contributed by atoms with Crippen molar-refractivity contribution in [2.24, 2.45) is 0 Å². The lowest BCUT2D eigenvalue weighted by molar-refractivity contribution is -0.275. The molecule has 0 aliphatic rings. The molecular weight excluding hydrogens is 515 g/mol. The number of hydrogen-bond donors (Lipinski definition) is 1. The van der Waals surface area contributed by atoms with Crippen molar-refractivity contribution in [3.05, 3.63) is 59.7 Å². The molecule has 0 saturated carbocycles. The second-order valence-electron chi connectivity index (χ2n) is 5.05. The summed E-state index contributed by atoms with van der Waals surface area (Å²) in [5.74, 6) is -0.627. The van der Waals surface area contributed by atoms with Crippen LogP contribution in [0.2, 0.25) is 0 Å². The number of rotatable bonds is 6. The minimum atomic E-state index is -4.74. The third kappa shape index (κ3) is 8.89. The summed E-state index contributed by atoms with van der Waals surface area (Å²) in [5.41, 5.74) is 1.44. The first-order valence-corrected chi connectivity index (χ1v) is 8.34. The molecule has 27 heavy (non-hydrogen) atoms. The van der Waals surface area contributed by atoms with Gasteiger partial charge in [-0.15, -0.1) is 38.7 Å². The van der Waals surface area contributed by atoms with Crippen LogP contribution in [0, 0.1) is 0 Å². The fraction of sp³-hybridized carbons (Fsp3) is 0.250. The number of halogens is 8. The van der Waals surface area contributed by atoms with Crippen molar-refractivity contribution in [2.75, 3.05) is 0 Å². The molecule has 0 spiro atoms. The topological polar surface area (TPSA) is 30.5 Å². The maximum absolute atomic E-state index is 12.1. The predicted molar refractivity (Wildman–Crippen MR) is 97.1 cm³/mol. The molecule has 2 rings (SSSR count). The van der Waals surface area contributed by atoms with Gasteiger partial charge in [-0.3, -0.25) is 5.32 Å². The molecule has 0 aliphatic carbocycles. The standard InChI is InChI=1S/C16H12F6INO2.ClH/c17-15(18,19)25-12-5-1-10(2-6-12)9-24-14(23)11-3-7-13(8-4-11)26-16(20,21)22;/h1-8,14,24H,9H2;1H. The smallest absolute Gasteiger partial charge is 0.406 e. The van der Waals surface area contributed by atoms with Crippen LogP contribution in [0.5, 0.6) is 11.5 Å². The Morgan fingerprint density at radius 1 is 0.778 bits per heavy atom. The predicted octanol–water partition coefficient (Wildman–Crippen LogP) is 6.13. The largest absolute Gasteiger partial charge is 0.573 e. The zero-order chi connectivity index (χ0) is 19.4. The summed E-state index contributed by atoms with van der Waals surface area (Å²) in [6, 6.07) is 10.8. The molecule has 3 nitrogen and oxygen atoms in total. The summed E-state index contributed by atoms with van der Waals surface area (Å²) in [6.07, 6.45) is -9.49. The van der Waals surface area contributed by atoms with Crippen LogP contribution >= 0.6 is 35.0 Å². The van der Waals surface area contributed by atoms with Crippen LogP contribution in [0.25, 0.3) is 0 Å². The molecule has 1 N–H and O–H groups in total. The Bertz CT molecular complexity index is 707. The van der Waals surface area contributed by atoms with E-state index in [1.165, 1.54) is 48.5 Å². The van der Waals surface area contributed by atoms with E-state index in [0.717, 1.165) is 11.1 Å². The summed E-state index contributed by atoms with van der Waals surface area (Å²) in [4.78, 5) is 0. The molecule has 1 unspecified atom stereocenters. The molecule has 0 fully saturated rings.